The van der Waals surface area contributed by atoms with Crippen molar-refractivity contribution in [2.45, 2.75) is 0 Å². The molecule has 0 saturated heterocycles. The third kappa shape index (κ3) is 4.66. The molecule has 0 unspecified atom stereocenters. The molecule has 136 valence electrons. The average molecular weight is 354 g/mol. The van der Waals surface area contributed by atoms with E-state index >= 15 is 0 Å². The Bertz CT molecular complexity index is 766. The Balaban J connectivity index is 2.18. The summed E-state index contributed by atoms with van der Waals surface area (Å²) in [5.41, 5.74) is 1.33. The molecule has 0 radical (unpaired) electrons. The first-order chi connectivity index (χ1) is 12.6. The standard InChI is InChI=1S/C21H22O5/c1-5-12-26-17-9-7-16(8-10-17)18(22)11-6-15-13-19(23-2)21(25-4)20(14-15)24-3/h5-11,13-14H,1,12H2,2-4H3. The fourth-order valence-electron chi connectivity index (χ4n) is 2.34. The van der Waals surface area contributed by atoms with Crippen LogP contribution in [-0.4, -0.2) is 33.7 Å². The molecule has 0 spiro atoms. The summed E-state index contributed by atoms with van der Waals surface area (Å²) in [6.07, 6.45) is 4.87. The monoisotopic (exact) mass is 354 g/mol. The number of allylic oxidation sites excluding steroid dienone is 1. The Kier molecular flexibility index (Phi) is 6.85. The van der Waals surface area contributed by atoms with Crippen molar-refractivity contribution >= 4 is 11.9 Å². The summed E-state index contributed by atoms with van der Waals surface area (Å²) in [4.78, 5) is 12.3. The van der Waals surface area contributed by atoms with E-state index in [-0.39, 0.29) is 5.78 Å². The minimum absolute atomic E-state index is 0.117. The minimum atomic E-state index is -0.117. The molecule has 0 aliphatic carbocycles. The van der Waals surface area contributed by atoms with E-state index in [1.54, 1.807) is 69.9 Å². The number of ketones is 1. The molecule has 0 aliphatic rings. The van der Waals surface area contributed by atoms with E-state index in [1.807, 2.05) is 0 Å². The van der Waals surface area contributed by atoms with Crippen molar-refractivity contribution in [3.05, 3.63) is 66.3 Å². The second-order valence-corrected chi connectivity index (χ2v) is 5.28. The normalized spacial score (nSPS) is 10.4. The van der Waals surface area contributed by atoms with E-state index in [0.717, 1.165) is 5.56 Å². The van der Waals surface area contributed by atoms with E-state index in [4.69, 9.17) is 18.9 Å². The van der Waals surface area contributed by atoms with E-state index < -0.39 is 0 Å². The van der Waals surface area contributed by atoms with Crippen LogP contribution in [0.5, 0.6) is 23.0 Å². The number of hydrogen-bond donors (Lipinski definition) is 0. The Hall–Kier alpha value is -3.21. The van der Waals surface area contributed by atoms with Gasteiger partial charge in [-0.3, -0.25) is 4.79 Å². The van der Waals surface area contributed by atoms with Crippen LogP contribution in [0.4, 0.5) is 0 Å². The van der Waals surface area contributed by atoms with Crippen molar-refractivity contribution in [3.8, 4) is 23.0 Å². The summed E-state index contributed by atoms with van der Waals surface area (Å²) >= 11 is 0. The van der Waals surface area contributed by atoms with Crippen LogP contribution in [-0.2, 0) is 0 Å². The van der Waals surface area contributed by atoms with Gasteiger partial charge in [0.1, 0.15) is 12.4 Å². The lowest BCUT2D eigenvalue weighted by Gasteiger charge is -2.12. The van der Waals surface area contributed by atoms with Gasteiger partial charge in [-0.25, -0.2) is 0 Å². The molecule has 2 aromatic rings. The summed E-state index contributed by atoms with van der Waals surface area (Å²) < 4.78 is 21.3. The smallest absolute Gasteiger partial charge is 0.203 e. The lowest BCUT2D eigenvalue weighted by molar-refractivity contribution is 0.104. The summed E-state index contributed by atoms with van der Waals surface area (Å²) in [5.74, 6) is 2.14. The number of methoxy groups -OCH3 is 3. The van der Waals surface area contributed by atoms with Crippen LogP contribution in [0.1, 0.15) is 15.9 Å². The van der Waals surface area contributed by atoms with Crippen molar-refractivity contribution < 1.29 is 23.7 Å². The minimum Gasteiger partial charge on any atom is -0.493 e. The van der Waals surface area contributed by atoms with Gasteiger partial charge in [-0.2, -0.15) is 0 Å². The molecule has 0 amide bonds. The van der Waals surface area contributed by atoms with Crippen LogP contribution in [0.15, 0.2) is 55.1 Å². The maximum Gasteiger partial charge on any atom is 0.203 e. The van der Waals surface area contributed by atoms with Gasteiger partial charge in [0, 0.05) is 5.56 Å². The summed E-state index contributed by atoms with van der Waals surface area (Å²) in [7, 11) is 4.64. The Labute approximate surface area is 153 Å². The fraction of sp³-hybridized carbons (Fsp3) is 0.190. The van der Waals surface area contributed by atoms with Gasteiger partial charge >= 0.3 is 0 Å². The zero-order valence-electron chi connectivity index (χ0n) is 15.2. The number of ether oxygens (including phenoxy) is 4. The predicted molar refractivity (Wildman–Crippen MR) is 102 cm³/mol. The van der Waals surface area contributed by atoms with Crippen molar-refractivity contribution in [1.29, 1.82) is 0 Å². The number of benzene rings is 2. The topological polar surface area (TPSA) is 54.0 Å². The van der Waals surface area contributed by atoms with Crippen LogP contribution in [0, 0.1) is 0 Å². The molecule has 0 heterocycles. The molecule has 26 heavy (non-hydrogen) atoms. The van der Waals surface area contributed by atoms with Gasteiger partial charge in [0.25, 0.3) is 0 Å². The predicted octanol–water partition coefficient (Wildman–Crippen LogP) is 4.17. The van der Waals surface area contributed by atoms with Crippen molar-refractivity contribution in [1.82, 2.24) is 0 Å². The van der Waals surface area contributed by atoms with Gasteiger partial charge in [0.2, 0.25) is 5.75 Å². The third-order valence-electron chi connectivity index (χ3n) is 3.62. The Morgan fingerprint density at radius 2 is 1.62 bits per heavy atom. The van der Waals surface area contributed by atoms with Gasteiger partial charge in [-0.05, 0) is 48.0 Å². The highest BCUT2D eigenvalue weighted by Gasteiger charge is 2.12. The highest BCUT2D eigenvalue weighted by Crippen LogP contribution is 2.38. The molecule has 0 fully saturated rings. The summed E-state index contributed by atoms with van der Waals surface area (Å²) in [6.45, 7) is 4.02. The van der Waals surface area contributed by atoms with Gasteiger partial charge in [-0.1, -0.05) is 18.7 Å². The van der Waals surface area contributed by atoms with Gasteiger partial charge in [0.05, 0.1) is 21.3 Å². The third-order valence-corrected chi connectivity index (χ3v) is 3.62. The molecule has 2 rings (SSSR count). The Morgan fingerprint density at radius 3 is 2.12 bits per heavy atom. The quantitative estimate of drug-likeness (QED) is 0.384. The molecule has 2 aromatic carbocycles. The molecular weight excluding hydrogens is 332 g/mol. The largest absolute Gasteiger partial charge is 0.493 e. The number of carbonyl (C=O) groups excluding carboxylic acids is 1. The molecule has 0 saturated carbocycles. The maximum atomic E-state index is 12.3. The lowest BCUT2D eigenvalue weighted by atomic mass is 10.1. The zero-order valence-corrected chi connectivity index (χ0v) is 15.2. The molecule has 5 heteroatoms. The van der Waals surface area contributed by atoms with Crippen molar-refractivity contribution in [3.63, 3.8) is 0 Å². The fourth-order valence-corrected chi connectivity index (χ4v) is 2.34. The first-order valence-corrected chi connectivity index (χ1v) is 7.99. The van der Waals surface area contributed by atoms with Crippen LogP contribution in [0.2, 0.25) is 0 Å². The molecule has 0 N–H and O–H groups in total. The van der Waals surface area contributed by atoms with Crippen LogP contribution < -0.4 is 18.9 Å². The summed E-state index contributed by atoms with van der Waals surface area (Å²) in [5, 5.41) is 0. The maximum absolute atomic E-state index is 12.3. The zero-order chi connectivity index (χ0) is 18.9. The van der Waals surface area contributed by atoms with E-state index in [1.165, 1.54) is 6.08 Å². The van der Waals surface area contributed by atoms with Gasteiger partial charge in [-0.15, -0.1) is 0 Å². The molecule has 0 aliphatic heterocycles. The van der Waals surface area contributed by atoms with E-state index in [0.29, 0.717) is 35.2 Å². The summed E-state index contributed by atoms with van der Waals surface area (Å²) in [6, 6.07) is 10.5. The van der Waals surface area contributed by atoms with Gasteiger partial charge < -0.3 is 18.9 Å². The van der Waals surface area contributed by atoms with Crippen LogP contribution in [0.3, 0.4) is 0 Å². The second-order valence-electron chi connectivity index (χ2n) is 5.28. The molecule has 0 aromatic heterocycles. The number of carbonyl (C=O) groups is 1. The molecule has 5 nitrogen and oxygen atoms in total. The van der Waals surface area contributed by atoms with Crippen molar-refractivity contribution in [2.24, 2.45) is 0 Å². The first-order valence-electron chi connectivity index (χ1n) is 7.99. The van der Waals surface area contributed by atoms with Gasteiger partial charge in [0.15, 0.2) is 17.3 Å². The van der Waals surface area contributed by atoms with Crippen molar-refractivity contribution in [2.75, 3.05) is 27.9 Å². The van der Waals surface area contributed by atoms with Crippen LogP contribution in [0.25, 0.3) is 6.08 Å². The number of hydrogen-bond acceptors (Lipinski definition) is 5. The average Bonchev–Trinajstić information content (AvgIpc) is 2.69. The van der Waals surface area contributed by atoms with E-state index in [9.17, 15) is 4.79 Å². The second kappa shape index (κ2) is 9.32. The Morgan fingerprint density at radius 1 is 1.00 bits per heavy atom. The van der Waals surface area contributed by atoms with Crippen LogP contribution >= 0.6 is 0 Å². The molecule has 0 atom stereocenters. The number of rotatable bonds is 9. The molecular formula is C21H22O5. The highest BCUT2D eigenvalue weighted by molar-refractivity contribution is 6.06. The lowest BCUT2D eigenvalue weighted by Crippen LogP contribution is -1.97. The first kappa shape index (κ1) is 19.1. The highest BCUT2D eigenvalue weighted by atomic mass is 16.5. The SMILES string of the molecule is C=CCOc1ccc(C(=O)C=Cc2cc(OC)c(OC)c(OC)c2)cc1. The van der Waals surface area contributed by atoms with E-state index in [2.05, 4.69) is 6.58 Å². The molecule has 0 bridgehead atoms.